The van der Waals surface area contributed by atoms with E-state index >= 15 is 0 Å². The van der Waals surface area contributed by atoms with Crippen molar-refractivity contribution in [1.82, 2.24) is 15.5 Å². The van der Waals surface area contributed by atoms with Crippen LogP contribution in [0, 0.1) is 6.92 Å². The number of fused-ring (bicyclic) bond motifs is 1. The highest BCUT2D eigenvalue weighted by Crippen LogP contribution is 2.23. The Hall–Kier alpha value is -3.13. The van der Waals surface area contributed by atoms with Crippen LogP contribution in [0.4, 0.5) is 0 Å². The van der Waals surface area contributed by atoms with E-state index in [9.17, 15) is 14.7 Å². The molecule has 8 nitrogen and oxygen atoms in total. The molecule has 1 aliphatic rings. The summed E-state index contributed by atoms with van der Waals surface area (Å²) in [5, 5.41) is 16.8. The normalized spacial score (nSPS) is 16.0. The zero-order valence-corrected chi connectivity index (χ0v) is 16.9. The Balaban J connectivity index is 1.59. The predicted octanol–water partition coefficient (Wildman–Crippen LogP) is 1.65. The van der Waals surface area contributed by atoms with E-state index in [1.807, 2.05) is 13.8 Å². The molecule has 0 spiro atoms. The number of carbonyl (C=O) groups is 2. The molecule has 0 fully saturated rings. The number of aliphatic imine (C=N–C) groups is 1. The lowest BCUT2D eigenvalue weighted by molar-refractivity contribution is 0.0428. The van der Waals surface area contributed by atoms with Crippen LogP contribution in [0.2, 0.25) is 0 Å². The predicted molar refractivity (Wildman–Crippen MR) is 109 cm³/mol. The Kier molecular flexibility index (Phi) is 6.03. The van der Waals surface area contributed by atoms with Gasteiger partial charge in [0.1, 0.15) is 17.1 Å². The van der Waals surface area contributed by atoms with Crippen LogP contribution in [0.5, 0.6) is 0 Å². The molecule has 1 unspecified atom stereocenters. The topological polar surface area (TPSA) is 107 Å². The number of hydrogen-bond donors (Lipinski definition) is 3. The average molecular weight is 398 g/mol. The zero-order chi connectivity index (χ0) is 21.0. The summed E-state index contributed by atoms with van der Waals surface area (Å²) >= 11 is 0. The van der Waals surface area contributed by atoms with Crippen LogP contribution in [-0.4, -0.2) is 54.0 Å². The summed E-state index contributed by atoms with van der Waals surface area (Å²) in [6.45, 7) is 6.63. The molecule has 0 radical (unpaired) electrons. The van der Waals surface area contributed by atoms with E-state index in [1.165, 1.54) is 4.90 Å². The molecule has 3 N–H and O–H groups in total. The van der Waals surface area contributed by atoms with Crippen LogP contribution < -0.4 is 10.6 Å². The largest absolute Gasteiger partial charge is 0.463 e. The molecule has 0 bridgehead atoms. The third kappa shape index (κ3) is 4.48. The maximum Gasteiger partial charge on any atom is 0.261 e. The van der Waals surface area contributed by atoms with Crippen molar-refractivity contribution in [2.75, 3.05) is 26.2 Å². The zero-order valence-electron chi connectivity index (χ0n) is 16.9. The summed E-state index contributed by atoms with van der Waals surface area (Å²) in [6.07, 6.45) is 0. The number of amides is 2. The number of aliphatic hydroxyl groups is 1. The minimum absolute atomic E-state index is 0.0856. The summed E-state index contributed by atoms with van der Waals surface area (Å²) in [5.41, 5.74) is -0.384. The van der Waals surface area contributed by atoms with Gasteiger partial charge in [0.05, 0.1) is 17.7 Å². The Bertz CT molecular complexity index is 897. The standard InChI is InChI=1S/C21H26N4O4/c1-4-22-20(24-13-21(3,28)17-10-9-14(2)29-17)23-11-12-25-18(26)15-7-5-6-8-16(15)19(25)27/h5-10,28H,4,11-13H2,1-3H3,(H2,22,23,24). The van der Waals surface area contributed by atoms with Gasteiger partial charge < -0.3 is 20.2 Å². The molecule has 1 aromatic heterocycles. The van der Waals surface area contributed by atoms with Crippen molar-refractivity contribution >= 4 is 17.8 Å². The van der Waals surface area contributed by atoms with Gasteiger partial charge in [0.15, 0.2) is 5.96 Å². The van der Waals surface area contributed by atoms with E-state index in [4.69, 9.17) is 4.42 Å². The summed E-state index contributed by atoms with van der Waals surface area (Å²) in [6, 6.07) is 10.3. The van der Waals surface area contributed by atoms with E-state index < -0.39 is 5.60 Å². The maximum absolute atomic E-state index is 12.4. The number of rotatable bonds is 7. The number of carbonyl (C=O) groups excluding carboxylic acids is 2. The van der Waals surface area contributed by atoms with Crippen molar-refractivity contribution < 1.29 is 19.1 Å². The number of hydrogen-bond acceptors (Lipinski definition) is 5. The average Bonchev–Trinajstić information content (AvgIpc) is 3.24. The molecule has 2 heterocycles. The second kappa shape index (κ2) is 8.48. The highest BCUT2D eigenvalue weighted by Gasteiger charge is 2.34. The van der Waals surface area contributed by atoms with Crippen molar-refractivity contribution in [2.45, 2.75) is 26.4 Å². The number of aryl methyl sites for hydroxylation is 1. The molecule has 0 saturated heterocycles. The Morgan fingerprint density at radius 3 is 2.34 bits per heavy atom. The van der Waals surface area contributed by atoms with Gasteiger partial charge in [-0.3, -0.25) is 14.5 Å². The summed E-state index contributed by atoms with van der Waals surface area (Å²) < 4.78 is 5.50. The van der Waals surface area contributed by atoms with Crippen LogP contribution in [0.3, 0.4) is 0 Å². The van der Waals surface area contributed by atoms with Crippen LogP contribution in [0.15, 0.2) is 45.8 Å². The summed E-state index contributed by atoms with van der Waals surface area (Å²) in [7, 11) is 0. The first-order chi connectivity index (χ1) is 13.8. The molecule has 1 aliphatic heterocycles. The fourth-order valence-electron chi connectivity index (χ4n) is 3.10. The third-order valence-corrected chi connectivity index (χ3v) is 4.67. The van der Waals surface area contributed by atoms with Gasteiger partial charge in [-0.05, 0) is 45.0 Å². The highest BCUT2D eigenvalue weighted by atomic mass is 16.4. The molecule has 0 aliphatic carbocycles. The van der Waals surface area contributed by atoms with Crippen molar-refractivity contribution in [3.63, 3.8) is 0 Å². The fourth-order valence-corrected chi connectivity index (χ4v) is 3.10. The smallest absolute Gasteiger partial charge is 0.261 e. The van der Waals surface area contributed by atoms with Gasteiger partial charge in [-0.25, -0.2) is 4.99 Å². The first kappa shape index (κ1) is 20.6. The van der Waals surface area contributed by atoms with E-state index in [-0.39, 0.29) is 24.9 Å². The van der Waals surface area contributed by atoms with Gasteiger partial charge in [0.25, 0.3) is 11.8 Å². The monoisotopic (exact) mass is 398 g/mol. The molecule has 3 rings (SSSR count). The first-order valence-electron chi connectivity index (χ1n) is 9.60. The number of furan rings is 1. The van der Waals surface area contributed by atoms with Crippen molar-refractivity contribution in [3.8, 4) is 0 Å². The van der Waals surface area contributed by atoms with Gasteiger partial charge in [-0.2, -0.15) is 0 Å². The Morgan fingerprint density at radius 2 is 1.79 bits per heavy atom. The van der Waals surface area contributed by atoms with Crippen LogP contribution in [-0.2, 0) is 5.60 Å². The molecule has 0 saturated carbocycles. The van der Waals surface area contributed by atoms with Crippen LogP contribution >= 0.6 is 0 Å². The van der Waals surface area contributed by atoms with Gasteiger partial charge in [-0.15, -0.1) is 0 Å². The van der Waals surface area contributed by atoms with Crippen molar-refractivity contribution in [3.05, 3.63) is 59.0 Å². The van der Waals surface area contributed by atoms with E-state index in [0.717, 1.165) is 5.76 Å². The first-order valence-corrected chi connectivity index (χ1v) is 9.60. The summed E-state index contributed by atoms with van der Waals surface area (Å²) in [4.78, 5) is 30.5. The number of imide groups is 1. The quantitative estimate of drug-likeness (QED) is 0.372. The van der Waals surface area contributed by atoms with Crippen LogP contribution in [0.1, 0.15) is 46.1 Å². The number of nitrogens with one attached hydrogen (secondary N) is 2. The molecule has 1 atom stereocenters. The Morgan fingerprint density at radius 1 is 1.14 bits per heavy atom. The molecule has 2 amide bonds. The van der Waals surface area contributed by atoms with Gasteiger partial charge >= 0.3 is 0 Å². The number of benzene rings is 1. The van der Waals surface area contributed by atoms with E-state index in [2.05, 4.69) is 15.6 Å². The third-order valence-electron chi connectivity index (χ3n) is 4.67. The molecule has 2 aromatic rings. The lowest BCUT2D eigenvalue weighted by Crippen LogP contribution is -2.43. The SMILES string of the molecule is CCNC(=NCC(C)(O)c1ccc(C)o1)NCCN1C(=O)c2ccccc2C1=O. The molecule has 8 heteroatoms. The second-order valence-corrected chi connectivity index (χ2v) is 7.11. The maximum atomic E-state index is 12.4. The summed E-state index contributed by atoms with van der Waals surface area (Å²) in [5.74, 6) is 1.07. The van der Waals surface area contributed by atoms with Gasteiger partial charge in [-0.1, -0.05) is 12.1 Å². The van der Waals surface area contributed by atoms with E-state index in [1.54, 1.807) is 43.3 Å². The lowest BCUT2D eigenvalue weighted by atomic mass is 10.0. The molecular formula is C21H26N4O4. The van der Waals surface area contributed by atoms with Gasteiger partial charge in [0, 0.05) is 19.6 Å². The minimum Gasteiger partial charge on any atom is -0.463 e. The van der Waals surface area contributed by atoms with Gasteiger partial charge in [0.2, 0.25) is 0 Å². The fraction of sp³-hybridized carbons (Fsp3) is 0.381. The minimum atomic E-state index is -1.25. The lowest BCUT2D eigenvalue weighted by Gasteiger charge is -2.20. The molecular weight excluding hydrogens is 372 g/mol. The van der Waals surface area contributed by atoms with Crippen molar-refractivity contribution in [1.29, 1.82) is 0 Å². The Labute approximate surface area is 169 Å². The molecule has 154 valence electrons. The van der Waals surface area contributed by atoms with E-state index in [0.29, 0.717) is 35.9 Å². The number of guanidine groups is 1. The molecule has 1 aromatic carbocycles. The highest BCUT2D eigenvalue weighted by molar-refractivity contribution is 6.21. The van der Waals surface area contributed by atoms with Crippen LogP contribution in [0.25, 0.3) is 0 Å². The second-order valence-electron chi connectivity index (χ2n) is 7.11. The van der Waals surface area contributed by atoms with Crippen molar-refractivity contribution in [2.24, 2.45) is 4.99 Å². The number of nitrogens with zero attached hydrogens (tertiary/aromatic N) is 2. The molecule has 29 heavy (non-hydrogen) atoms.